The van der Waals surface area contributed by atoms with E-state index in [0.717, 1.165) is 24.2 Å². The van der Waals surface area contributed by atoms with Crippen molar-refractivity contribution in [1.82, 2.24) is 9.88 Å². The maximum absolute atomic E-state index is 12.2. The molecular formula is C15H21N3O3. The molecule has 0 aromatic carbocycles. The minimum atomic E-state index is -0.748. The summed E-state index contributed by atoms with van der Waals surface area (Å²) in [6.45, 7) is 3.21. The lowest BCUT2D eigenvalue weighted by atomic mass is 9.92. The van der Waals surface area contributed by atoms with Crippen molar-refractivity contribution in [3.05, 3.63) is 24.0 Å². The maximum atomic E-state index is 12.2. The van der Waals surface area contributed by atoms with Crippen LogP contribution in [-0.2, 0) is 4.79 Å². The molecule has 6 nitrogen and oxygen atoms in total. The number of carbonyl (C=O) groups excluding carboxylic acids is 1. The van der Waals surface area contributed by atoms with Crippen LogP contribution < -0.4 is 5.32 Å². The SMILES string of the molecule is Cc1ncccc1NC(=O)N1CCC(CCC(=O)O)CC1. The van der Waals surface area contributed by atoms with Gasteiger partial charge >= 0.3 is 12.0 Å². The number of aliphatic carboxylic acids is 1. The minimum Gasteiger partial charge on any atom is -0.481 e. The molecule has 2 N–H and O–H groups in total. The summed E-state index contributed by atoms with van der Waals surface area (Å²) in [5, 5.41) is 11.6. The number of piperidine rings is 1. The Morgan fingerprint density at radius 1 is 1.43 bits per heavy atom. The van der Waals surface area contributed by atoms with Gasteiger partial charge in [-0.1, -0.05) is 0 Å². The number of aryl methyl sites for hydroxylation is 1. The zero-order valence-corrected chi connectivity index (χ0v) is 12.2. The van der Waals surface area contributed by atoms with E-state index in [1.54, 1.807) is 17.2 Å². The van der Waals surface area contributed by atoms with Gasteiger partial charge in [-0.05, 0) is 44.2 Å². The van der Waals surface area contributed by atoms with Gasteiger partial charge in [-0.25, -0.2) is 4.79 Å². The predicted molar refractivity (Wildman–Crippen MR) is 79.2 cm³/mol. The lowest BCUT2D eigenvalue weighted by Crippen LogP contribution is -2.41. The minimum absolute atomic E-state index is 0.109. The van der Waals surface area contributed by atoms with Gasteiger partial charge in [0.1, 0.15) is 0 Å². The Morgan fingerprint density at radius 2 is 2.14 bits per heavy atom. The van der Waals surface area contributed by atoms with Crippen molar-refractivity contribution in [2.45, 2.75) is 32.6 Å². The highest BCUT2D eigenvalue weighted by Gasteiger charge is 2.23. The number of hydrogen-bond acceptors (Lipinski definition) is 3. The van der Waals surface area contributed by atoms with Gasteiger partial charge in [0.15, 0.2) is 0 Å². The van der Waals surface area contributed by atoms with Gasteiger partial charge in [-0.3, -0.25) is 9.78 Å². The number of pyridine rings is 1. The Bertz CT molecular complexity index is 511. The maximum Gasteiger partial charge on any atom is 0.321 e. The van der Waals surface area contributed by atoms with Crippen molar-refractivity contribution < 1.29 is 14.7 Å². The number of urea groups is 1. The first kappa shape index (κ1) is 15.3. The molecule has 0 spiro atoms. The van der Waals surface area contributed by atoms with Gasteiger partial charge in [0, 0.05) is 25.7 Å². The van der Waals surface area contributed by atoms with Crippen LogP contribution in [0.5, 0.6) is 0 Å². The Hall–Kier alpha value is -2.11. The van der Waals surface area contributed by atoms with Gasteiger partial charge in [-0.2, -0.15) is 0 Å². The summed E-state index contributed by atoms with van der Waals surface area (Å²) in [5.74, 6) is -0.340. The van der Waals surface area contributed by atoms with Crippen LogP contribution in [0.4, 0.5) is 10.5 Å². The quantitative estimate of drug-likeness (QED) is 0.893. The molecule has 0 saturated carbocycles. The van der Waals surface area contributed by atoms with E-state index in [4.69, 9.17) is 5.11 Å². The van der Waals surface area contributed by atoms with E-state index in [2.05, 4.69) is 10.3 Å². The van der Waals surface area contributed by atoms with Gasteiger partial charge < -0.3 is 15.3 Å². The van der Waals surface area contributed by atoms with Crippen LogP contribution in [0.1, 0.15) is 31.4 Å². The van der Waals surface area contributed by atoms with E-state index in [1.807, 2.05) is 13.0 Å². The molecule has 0 radical (unpaired) electrons. The average molecular weight is 291 g/mol. The fourth-order valence-electron chi connectivity index (χ4n) is 2.56. The Balaban J connectivity index is 1.81. The van der Waals surface area contributed by atoms with E-state index in [-0.39, 0.29) is 12.5 Å². The molecule has 0 aliphatic carbocycles. The molecule has 2 amide bonds. The molecule has 1 aliphatic heterocycles. The topological polar surface area (TPSA) is 82.5 Å². The summed E-state index contributed by atoms with van der Waals surface area (Å²) in [6, 6.07) is 3.52. The average Bonchev–Trinajstić information content (AvgIpc) is 2.48. The summed E-state index contributed by atoms with van der Waals surface area (Å²) in [5.41, 5.74) is 1.53. The zero-order chi connectivity index (χ0) is 15.2. The Kier molecular flexibility index (Phi) is 5.14. The second-order valence-corrected chi connectivity index (χ2v) is 5.43. The third-order valence-corrected chi connectivity index (χ3v) is 3.92. The standard InChI is InChI=1S/C15H21N3O3/c1-11-13(3-2-8-16-11)17-15(21)18-9-6-12(7-10-18)4-5-14(19)20/h2-3,8,12H,4-7,9-10H2,1H3,(H,17,21)(H,19,20). The molecule has 1 aliphatic rings. The van der Waals surface area contributed by atoms with Gasteiger partial charge in [0.2, 0.25) is 0 Å². The summed E-state index contributed by atoms with van der Waals surface area (Å²) in [4.78, 5) is 28.7. The van der Waals surface area contributed by atoms with Crippen molar-refractivity contribution in [1.29, 1.82) is 0 Å². The Morgan fingerprint density at radius 3 is 2.76 bits per heavy atom. The third kappa shape index (κ3) is 4.44. The highest BCUT2D eigenvalue weighted by molar-refractivity contribution is 5.89. The fourth-order valence-corrected chi connectivity index (χ4v) is 2.56. The van der Waals surface area contributed by atoms with Crippen LogP contribution in [0.3, 0.4) is 0 Å². The number of rotatable bonds is 4. The number of amides is 2. The molecule has 1 aromatic heterocycles. The Labute approximate surface area is 124 Å². The van der Waals surface area contributed by atoms with Crippen molar-refractivity contribution in [2.24, 2.45) is 5.92 Å². The monoisotopic (exact) mass is 291 g/mol. The van der Waals surface area contributed by atoms with Crippen molar-refractivity contribution in [3.8, 4) is 0 Å². The summed E-state index contributed by atoms with van der Waals surface area (Å²) >= 11 is 0. The van der Waals surface area contributed by atoms with E-state index >= 15 is 0 Å². The number of aromatic nitrogens is 1. The highest BCUT2D eigenvalue weighted by atomic mass is 16.4. The first-order valence-electron chi connectivity index (χ1n) is 7.25. The lowest BCUT2D eigenvalue weighted by molar-refractivity contribution is -0.137. The lowest BCUT2D eigenvalue weighted by Gasteiger charge is -2.32. The fraction of sp³-hybridized carbons (Fsp3) is 0.533. The molecule has 6 heteroatoms. The van der Waals surface area contributed by atoms with Crippen LogP contribution in [0.15, 0.2) is 18.3 Å². The van der Waals surface area contributed by atoms with E-state index in [0.29, 0.717) is 25.4 Å². The molecule has 21 heavy (non-hydrogen) atoms. The number of nitrogens with one attached hydrogen (secondary N) is 1. The summed E-state index contributed by atoms with van der Waals surface area (Å²) in [7, 11) is 0. The number of nitrogens with zero attached hydrogens (tertiary/aromatic N) is 2. The molecule has 1 saturated heterocycles. The molecule has 1 aromatic rings. The largest absolute Gasteiger partial charge is 0.481 e. The van der Waals surface area contributed by atoms with E-state index in [9.17, 15) is 9.59 Å². The van der Waals surface area contributed by atoms with Crippen LogP contribution >= 0.6 is 0 Å². The number of anilines is 1. The van der Waals surface area contributed by atoms with Crippen LogP contribution in [0.2, 0.25) is 0 Å². The van der Waals surface area contributed by atoms with Gasteiger partial charge in [-0.15, -0.1) is 0 Å². The number of hydrogen-bond donors (Lipinski definition) is 2. The molecule has 114 valence electrons. The van der Waals surface area contributed by atoms with Crippen LogP contribution in [0, 0.1) is 12.8 Å². The van der Waals surface area contributed by atoms with E-state index in [1.165, 1.54) is 0 Å². The molecule has 0 unspecified atom stereocenters. The first-order valence-corrected chi connectivity index (χ1v) is 7.25. The number of carbonyl (C=O) groups is 2. The molecule has 2 rings (SSSR count). The predicted octanol–water partition coefficient (Wildman–Crippen LogP) is 2.50. The highest BCUT2D eigenvalue weighted by Crippen LogP contribution is 2.22. The first-order chi connectivity index (χ1) is 10.1. The summed E-state index contributed by atoms with van der Waals surface area (Å²) in [6.07, 6.45) is 4.34. The van der Waals surface area contributed by atoms with Crippen molar-refractivity contribution >= 4 is 17.7 Å². The normalized spacial score (nSPS) is 15.8. The second-order valence-electron chi connectivity index (χ2n) is 5.43. The molecular weight excluding hydrogens is 270 g/mol. The molecule has 0 bridgehead atoms. The van der Waals surface area contributed by atoms with Crippen molar-refractivity contribution in [2.75, 3.05) is 18.4 Å². The van der Waals surface area contributed by atoms with Crippen LogP contribution in [0.25, 0.3) is 0 Å². The second kappa shape index (κ2) is 7.06. The zero-order valence-electron chi connectivity index (χ0n) is 12.2. The number of carboxylic acid groups (broad SMARTS) is 1. The van der Waals surface area contributed by atoms with Crippen molar-refractivity contribution in [3.63, 3.8) is 0 Å². The molecule has 2 heterocycles. The van der Waals surface area contributed by atoms with Gasteiger partial charge in [0.25, 0.3) is 0 Å². The molecule has 1 fully saturated rings. The third-order valence-electron chi connectivity index (χ3n) is 3.92. The van der Waals surface area contributed by atoms with E-state index < -0.39 is 5.97 Å². The smallest absolute Gasteiger partial charge is 0.321 e. The molecule has 0 atom stereocenters. The van der Waals surface area contributed by atoms with Crippen LogP contribution in [-0.4, -0.2) is 40.1 Å². The van der Waals surface area contributed by atoms with Gasteiger partial charge in [0.05, 0.1) is 11.4 Å². The number of carboxylic acids is 1. The summed E-state index contributed by atoms with van der Waals surface area (Å²) < 4.78 is 0. The number of likely N-dealkylation sites (tertiary alicyclic amines) is 1.